The minimum Gasteiger partial charge on any atom is -0.409 e. The summed E-state index contributed by atoms with van der Waals surface area (Å²) in [6.45, 7) is 2.01. The first-order chi connectivity index (χ1) is 10.2. The van der Waals surface area contributed by atoms with Gasteiger partial charge in [-0.1, -0.05) is 47.2 Å². The number of aryl methyl sites for hydroxylation is 1. The number of hydrogen-bond acceptors (Lipinski definition) is 3. The first kappa shape index (κ1) is 13.6. The molecule has 0 fully saturated rings. The van der Waals surface area contributed by atoms with Crippen molar-refractivity contribution >= 4 is 28.5 Å². The third-order valence-corrected chi connectivity index (χ3v) is 4.50. The van der Waals surface area contributed by atoms with Gasteiger partial charge in [0.2, 0.25) is 0 Å². The van der Waals surface area contributed by atoms with Crippen molar-refractivity contribution in [1.82, 2.24) is 4.98 Å². The number of hydrogen-bond donors (Lipinski definition) is 3. The van der Waals surface area contributed by atoms with Crippen LogP contribution in [0.25, 0.3) is 10.9 Å². The molecule has 0 atom stereocenters. The standard InChI is InChI=1S/C16H15N3OS/c1-10-5-4-7-12(16(17)19-20)15(10)21-14-9-11-6-2-3-8-13(11)18-14/h2-9,18,20H,1H3,(H2,17,19). The van der Waals surface area contributed by atoms with Gasteiger partial charge in [-0.15, -0.1) is 0 Å². The number of nitrogens with one attached hydrogen (secondary N) is 1. The topological polar surface area (TPSA) is 74.4 Å². The SMILES string of the molecule is Cc1cccc(/C(N)=N/O)c1Sc1cc2ccccc2[nH]1. The second-order valence-electron chi connectivity index (χ2n) is 4.76. The van der Waals surface area contributed by atoms with Crippen molar-refractivity contribution in [2.24, 2.45) is 10.9 Å². The van der Waals surface area contributed by atoms with Gasteiger partial charge >= 0.3 is 0 Å². The van der Waals surface area contributed by atoms with E-state index in [2.05, 4.69) is 22.3 Å². The van der Waals surface area contributed by atoms with E-state index >= 15 is 0 Å². The Balaban J connectivity index is 2.05. The molecule has 0 spiro atoms. The number of amidine groups is 1. The highest BCUT2D eigenvalue weighted by Crippen LogP contribution is 2.34. The van der Waals surface area contributed by atoms with E-state index in [1.165, 1.54) is 5.39 Å². The molecule has 4 nitrogen and oxygen atoms in total. The van der Waals surface area contributed by atoms with Crippen LogP contribution in [-0.2, 0) is 0 Å². The molecular weight excluding hydrogens is 282 g/mol. The molecule has 0 amide bonds. The number of nitrogens with two attached hydrogens (primary N) is 1. The van der Waals surface area contributed by atoms with Crippen LogP contribution >= 0.6 is 11.8 Å². The van der Waals surface area contributed by atoms with Gasteiger partial charge in [0.05, 0.1) is 5.03 Å². The Kier molecular flexibility index (Phi) is 3.58. The van der Waals surface area contributed by atoms with Crippen LogP contribution in [0.4, 0.5) is 0 Å². The Morgan fingerprint density at radius 1 is 1.19 bits per heavy atom. The fourth-order valence-corrected chi connectivity index (χ4v) is 3.33. The summed E-state index contributed by atoms with van der Waals surface area (Å²) in [5, 5.41) is 14.2. The molecule has 0 unspecified atom stereocenters. The van der Waals surface area contributed by atoms with E-state index < -0.39 is 0 Å². The Labute approximate surface area is 126 Å². The van der Waals surface area contributed by atoms with Gasteiger partial charge in [-0.05, 0) is 30.7 Å². The maximum Gasteiger partial charge on any atom is 0.171 e. The second-order valence-corrected chi connectivity index (χ2v) is 5.81. The lowest BCUT2D eigenvalue weighted by Gasteiger charge is -2.10. The van der Waals surface area contributed by atoms with E-state index in [0.717, 1.165) is 26.6 Å². The first-order valence-electron chi connectivity index (χ1n) is 6.52. The molecule has 0 radical (unpaired) electrons. The fourth-order valence-electron chi connectivity index (χ4n) is 2.26. The summed E-state index contributed by atoms with van der Waals surface area (Å²) in [6.07, 6.45) is 0. The monoisotopic (exact) mass is 297 g/mol. The first-order valence-corrected chi connectivity index (χ1v) is 7.34. The zero-order chi connectivity index (χ0) is 14.8. The van der Waals surface area contributed by atoms with E-state index in [0.29, 0.717) is 0 Å². The van der Waals surface area contributed by atoms with Crippen molar-refractivity contribution in [3.8, 4) is 0 Å². The zero-order valence-corrected chi connectivity index (χ0v) is 12.3. The average Bonchev–Trinajstić information content (AvgIpc) is 2.91. The number of oxime groups is 1. The van der Waals surface area contributed by atoms with Crippen molar-refractivity contribution in [2.45, 2.75) is 16.8 Å². The van der Waals surface area contributed by atoms with Crippen LogP contribution in [0.1, 0.15) is 11.1 Å². The smallest absolute Gasteiger partial charge is 0.171 e. The minimum absolute atomic E-state index is 0.123. The lowest BCUT2D eigenvalue weighted by atomic mass is 10.1. The molecule has 3 aromatic rings. The summed E-state index contributed by atoms with van der Waals surface area (Å²) < 4.78 is 0. The van der Waals surface area contributed by atoms with Crippen molar-refractivity contribution in [3.05, 3.63) is 59.7 Å². The van der Waals surface area contributed by atoms with Crippen LogP contribution < -0.4 is 5.73 Å². The number of aromatic nitrogens is 1. The molecule has 106 valence electrons. The number of H-pyrrole nitrogens is 1. The van der Waals surface area contributed by atoms with Crippen LogP contribution in [0.3, 0.4) is 0 Å². The molecular formula is C16H15N3OS. The highest BCUT2D eigenvalue weighted by Gasteiger charge is 2.12. The van der Waals surface area contributed by atoms with E-state index in [1.54, 1.807) is 11.8 Å². The van der Waals surface area contributed by atoms with E-state index in [1.807, 2.05) is 43.3 Å². The van der Waals surface area contributed by atoms with Crippen LogP contribution in [0.15, 0.2) is 63.6 Å². The second kappa shape index (κ2) is 5.54. The number of rotatable bonds is 3. The van der Waals surface area contributed by atoms with Crippen LogP contribution in [0.5, 0.6) is 0 Å². The third-order valence-electron chi connectivity index (χ3n) is 3.31. The summed E-state index contributed by atoms with van der Waals surface area (Å²) in [4.78, 5) is 4.36. The molecule has 2 aromatic carbocycles. The maximum absolute atomic E-state index is 8.93. The normalized spacial score (nSPS) is 12.0. The van der Waals surface area contributed by atoms with Crippen molar-refractivity contribution in [2.75, 3.05) is 0 Å². The van der Waals surface area contributed by atoms with Gasteiger partial charge in [0.1, 0.15) is 0 Å². The van der Waals surface area contributed by atoms with E-state index in [9.17, 15) is 0 Å². The average molecular weight is 297 g/mol. The minimum atomic E-state index is 0.123. The van der Waals surface area contributed by atoms with Gasteiger partial charge in [0, 0.05) is 21.4 Å². The maximum atomic E-state index is 8.93. The molecule has 21 heavy (non-hydrogen) atoms. The molecule has 0 aliphatic carbocycles. The third kappa shape index (κ3) is 2.60. The summed E-state index contributed by atoms with van der Waals surface area (Å²) in [6, 6.07) is 16.0. The van der Waals surface area contributed by atoms with E-state index in [4.69, 9.17) is 10.9 Å². The van der Waals surface area contributed by atoms with Crippen LogP contribution in [0.2, 0.25) is 0 Å². The summed E-state index contributed by atoms with van der Waals surface area (Å²) in [5.41, 5.74) is 8.69. The predicted octanol–water partition coefficient (Wildman–Crippen LogP) is 3.72. The molecule has 1 heterocycles. The molecule has 0 saturated carbocycles. The highest BCUT2D eigenvalue weighted by atomic mass is 32.2. The Hall–Kier alpha value is -2.40. The summed E-state index contributed by atoms with van der Waals surface area (Å²) >= 11 is 1.58. The van der Waals surface area contributed by atoms with Gasteiger partial charge in [0.15, 0.2) is 5.84 Å². The quantitative estimate of drug-likeness (QED) is 0.298. The van der Waals surface area contributed by atoms with Gasteiger partial charge in [-0.25, -0.2) is 0 Å². The lowest BCUT2D eigenvalue weighted by molar-refractivity contribution is 0.318. The van der Waals surface area contributed by atoms with Gasteiger partial charge in [-0.2, -0.15) is 0 Å². The number of para-hydroxylation sites is 1. The molecule has 0 aliphatic rings. The predicted molar refractivity (Wildman–Crippen MR) is 86.1 cm³/mol. The van der Waals surface area contributed by atoms with Gasteiger partial charge < -0.3 is 15.9 Å². The van der Waals surface area contributed by atoms with Gasteiger partial charge in [-0.3, -0.25) is 0 Å². The molecule has 0 aliphatic heterocycles. The molecule has 5 heteroatoms. The molecule has 0 bridgehead atoms. The van der Waals surface area contributed by atoms with Crippen molar-refractivity contribution < 1.29 is 5.21 Å². The lowest BCUT2D eigenvalue weighted by Crippen LogP contribution is -2.14. The van der Waals surface area contributed by atoms with Gasteiger partial charge in [0.25, 0.3) is 0 Å². The van der Waals surface area contributed by atoms with Crippen molar-refractivity contribution in [1.29, 1.82) is 0 Å². The molecule has 1 aromatic heterocycles. The highest BCUT2D eigenvalue weighted by molar-refractivity contribution is 7.99. The molecule has 0 saturated heterocycles. The fraction of sp³-hybridized carbons (Fsp3) is 0.0625. The summed E-state index contributed by atoms with van der Waals surface area (Å²) in [7, 11) is 0. The van der Waals surface area contributed by atoms with Crippen LogP contribution in [-0.4, -0.2) is 16.0 Å². The number of benzene rings is 2. The number of aromatic amines is 1. The Morgan fingerprint density at radius 2 is 2.00 bits per heavy atom. The molecule has 3 rings (SSSR count). The van der Waals surface area contributed by atoms with Crippen molar-refractivity contribution in [3.63, 3.8) is 0 Å². The number of fused-ring (bicyclic) bond motifs is 1. The Bertz CT molecular complexity index is 790. The Morgan fingerprint density at radius 3 is 2.76 bits per heavy atom. The van der Waals surface area contributed by atoms with E-state index in [-0.39, 0.29) is 5.84 Å². The molecule has 4 N–H and O–H groups in total. The largest absolute Gasteiger partial charge is 0.409 e. The number of nitrogens with zero attached hydrogens (tertiary/aromatic N) is 1. The van der Waals surface area contributed by atoms with Crippen LogP contribution in [0, 0.1) is 6.92 Å². The zero-order valence-electron chi connectivity index (χ0n) is 11.5. The summed E-state index contributed by atoms with van der Waals surface area (Å²) in [5.74, 6) is 0.123.